The molecule has 4 unspecified atom stereocenters. The summed E-state index contributed by atoms with van der Waals surface area (Å²) in [5.41, 5.74) is 7.32. The molecule has 4 atom stereocenters. The van der Waals surface area contributed by atoms with Gasteiger partial charge in [0.25, 0.3) is 5.91 Å². The van der Waals surface area contributed by atoms with Crippen LogP contribution in [-0.2, 0) is 0 Å². The number of piperidine rings is 3. The van der Waals surface area contributed by atoms with E-state index in [1.165, 1.54) is 19.4 Å². The molecular formula is C21H25N3OS. The van der Waals surface area contributed by atoms with E-state index >= 15 is 0 Å². The number of rotatable bonds is 4. The van der Waals surface area contributed by atoms with Gasteiger partial charge in [0.2, 0.25) is 0 Å². The number of nitrogens with one attached hydrogen (secondary N) is 1. The number of carbonyl (C=O) groups is 1. The first-order valence-corrected chi connectivity index (χ1v) is 10.1. The van der Waals surface area contributed by atoms with Crippen LogP contribution in [0, 0.1) is 5.92 Å². The maximum atomic E-state index is 12.6. The molecule has 136 valence electrons. The standard InChI is InChI=1S/C21H25N3OS/c1-14-11-16-9-10-24(14)13-20(16)23-21(25)15-5-7-18(8-6-15)26-19-4-2-3-17(22)12-19/h2-8,12,14,16,20H,9-11,13,22H2,1H3,(H,23,25). The molecule has 2 bridgehead atoms. The van der Waals surface area contributed by atoms with Crippen LogP contribution < -0.4 is 11.1 Å². The summed E-state index contributed by atoms with van der Waals surface area (Å²) in [6.45, 7) is 4.45. The quantitative estimate of drug-likeness (QED) is 0.810. The minimum absolute atomic E-state index is 0.0388. The Morgan fingerprint density at radius 2 is 2.00 bits per heavy atom. The Kier molecular flexibility index (Phi) is 4.92. The van der Waals surface area contributed by atoms with Gasteiger partial charge in [-0.3, -0.25) is 9.69 Å². The van der Waals surface area contributed by atoms with Crippen molar-refractivity contribution in [2.75, 3.05) is 18.8 Å². The van der Waals surface area contributed by atoms with Crippen molar-refractivity contribution in [1.29, 1.82) is 0 Å². The zero-order valence-corrected chi connectivity index (χ0v) is 15.8. The molecule has 3 heterocycles. The summed E-state index contributed by atoms with van der Waals surface area (Å²) >= 11 is 1.65. The van der Waals surface area contributed by atoms with Gasteiger partial charge < -0.3 is 11.1 Å². The maximum Gasteiger partial charge on any atom is 0.251 e. The molecule has 5 heteroatoms. The van der Waals surface area contributed by atoms with E-state index in [1.54, 1.807) is 11.8 Å². The number of anilines is 1. The number of amides is 1. The number of hydrogen-bond acceptors (Lipinski definition) is 4. The van der Waals surface area contributed by atoms with E-state index in [2.05, 4.69) is 17.1 Å². The number of fused-ring (bicyclic) bond motifs is 3. The van der Waals surface area contributed by atoms with Gasteiger partial charge in [0.15, 0.2) is 0 Å². The fourth-order valence-electron chi connectivity index (χ4n) is 4.10. The highest BCUT2D eigenvalue weighted by molar-refractivity contribution is 7.99. The second-order valence-corrected chi connectivity index (χ2v) is 8.55. The van der Waals surface area contributed by atoms with E-state index < -0.39 is 0 Å². The van der Waals surface area contributed by atoms with Crippen LogP contribution in [-0.4, -0.2) is 36.0 Å². The van der Waals surface area contributed by atoms with Crippen molar-refractivity contribution in [3.8, 4) is 0 Å². The van der Waals surface area contributed by atoms with Crippen LogP contribution in [0.3, 0.4) is 0 Å². The number of nitrogens with zero attached hydrogens (tertiary/aromatic N) is 1. The first-order chi connectivity index (χ1) is 12.6. The maximum absolute atomic E-state index is 12.6. The molecule has 0 aromatic heterocycles. The molecule has 3 aliphatic rings. The van der Waals surface area contributed by atoms with Crippen molar-refractivity contribution in [1.82, 2.24) is 10.2 Å². The van der Waals surface area contributed by atoms with Gasteiger partial charge in [-0.1, -0.05) is 17.8 Å². The van der Waals surface area contributed by atoms with Crippen LogP contribution in [0.4, 0.5) is 5.69 Å². The van der Waals surface area contributed by atoms with Gasteiger partial charge in [0.05, 0.1) is 0 Å². The monoisotopic (exact) mass is 367 g/mol. The van der Waals surface area contributed by atoms with E-state index in [0.717, 1.165) is 27.6 Å². The van der Waals surface area contributed by atoms with Gasteiger partial charge in [0, 0.05) is 39.7 Å². The molecule has 2 aromatic rings. The Morgan fingerprint density at radius 3 is 2.65 bits per heavy atom. The molecule has 2 aromatic carbocycles. The zero-order chi connectivity index (χ0) is 18.1. The van der Waals surface area contributed by atoms with Crippen molar-refractivity contribution in [2.24, 2.45) is 5.92 Å². The summed E-state index contributed by atoms with van der Waals surface area (Å²) in [5.74, 6) is 0.661. The largest absolute Gasteiger partial charge is 0.399 e. The molecule has 3 saturated heterocycles. The molecule has 1 amide bonds. The van der Waals surface area contributed by atoms with E-state index in [-0.39, 0.29) is 11.9 Å². The smallest absolute Gasteiger partial charge is 0.251 e. The Labute approximate surface area is 159 Å². The van der Waals surface area contributed by atoms with Crippen molar-refractivity contribution < 1.29 is 4.79 Å². The summed E-state index contributed by atoms with van der Waals surface area (Å²) in [6.07, 6.45) is 2.39. The number of benzene rings is 2. The molecule has 0 aliphatic carbocycles. The van der Waals surface area contributed by atoms with Crippen LogP contribution in [0.25, 0.3) is 0 Å². The fraction of sp³-hybridized carbons (Fsp3) is 0.381. The fourth-order valence-corrected chi connectivity index (χ4v) is 4.99. The Bertz CT molecular complexity index is 792. The van der Waals surface area contributed by atoms with Gasteiger partial charge in [-0.2, -0.15) is 0 Å². The minimum atomic E-state index is 0.0388. The van der Waals surface area contributed by atoms with Crippen LogP contribution in [0.1, 0.15) is 30.1 Å². The van der Waals surface area contributed by atoms with Gasteiger partial charge in [-0.25, -0.2) is 0 Å². The lowest BCUT2D eigenvalue weighted by atomic mass is 9.80. The number of nitrogen functional groups attached to an aromatic ring is 1. The predicted molar refractivity (Wildman–Crippen MR) is 106 cm³/mol. The Balaban J connectivity index is 1.38. The Morgan fingerprint density at radius 1 is 1.19 bits per heavy atom. The minimum Gasteiger partial charge on any atom is -0.399 e. The molecule has 3 N–H and O–H groups in total. The average molecular weight is 368 g/mol. The van der Waals surface area contributed by atoms with Crippen LogP contribution in [0.5, 0.6) is 0 Å². The molecular weight excluding hydrogens is 342 g/mol. The highest BCUT2D eigenvalue weighted by Crippen LogP contribution is 2.32. The van der Waals surface area contributed by atoms with Gasteiger partial charge in [0.1, 0.15) is 0 Å². The molecule has 4 nitrogen and oxygen atoms in total. The van der Waals surface area contributed by atoms with Crippen LogP contribution in [0.2, 0.25) is 0 Å². The van der Waals surface area contributed by atoms with E-state index in [1.807, 2.05) is 48.5 Å². The summed E-state index contributed by atoms with van der Waals surface area (Å²) < 4.78 is 0. The Hall–Kier alpha value is -1.98. The van der Waals surface area contributed by atoms with E-state index in [9.17, 15) is 4.79 Å². The third-order valence-electron chi connectivity index (χ3n) is 5.58. The molecule has 5 rings (SSSR count). The second kappa shape index (κ2) is 7.33. The SMILES string of the molecule is CC1CC2CCN1CC2NC(=O)c1ccc(Sc2cccc(N)c2)cc1. The molecule has 26 heavy (non-hydrogen) atoms. The number of hydrogen-bond donors (Lipinski definition) is 2. The van der Waals surface area contributed by atoms with Crippen molar-refractivity contribution in [2.45, 2.75) is 41.6 Å². The van der Waals surface area contributed by atoms with Crippen LogP contribution >= 0.6 is 11.8 Å². The molecule has 3 fully saturated rings. The molecule has 0 spiro atoms. The normalized spacial score (nSPS) is 27.3. The first-order valence-electron chi connectivity index (χ1n) is 9.27. The van der Waals surface area contributed by atoms with Crippen LogP contribution in [0.15, 0.2) is 58.3 Å². The van der Waals surface area contributed by atoms with Gasteiger partial charge >= 0.3 is 0 Å². The number of carbonyl (C=O) groups excluding carboxylic acids is 1. The first kappa shape index (κ1) is 17.4. The van der Waals surface area contributed by atoms with E-state index in [0.29, 0.717) is 12.0 Å². The van der Waals surface area contributed by atoms with Gasteiger partial charge in [-0.15, -0.1) is 0 Å². The zero-order valence-electron chi connectivity index (χ0n) is 15.0. The second-order valence-electron chi connectivity index (χ2n) is 7.41. The number of nitrogens with two attached hydrogens (primary N) is 1. The molecule has 0 radical (unpaired) electrons. The van der Waals surface area contributed by atoms with E-state index in [4.69, 9.17) is 5.73 Å². The van der Waals surface area contributed by atoms with Crippen molar-refractivity contribution >= 4 is 23.4 Å². The third-order valence-corrected chi connectivity index (χ3v) is 6.58. The van der Waals surface area contributed by atoms with Gasteiger partial charge in [-0.05, 0) is 74.7 Å². The topological polar surface area (TPSA) is 58.4 Å². The lowest BCUT2D eigenvalue weighted by molar-refractivity contribution is 0.0274. The third kappa shape index (κ3) is 3.74. The van der Waals surface area contributed by atoms with Crippen molar-refractivity contribution in [3.63, 3.8) is 0 Å². The summed E-state index contributed by atoms with van der Waals surface area (Å²) in [5, 5.41) is 3.26. The predicted octanol–water partition coefficient (Wildman–Crippen LogP) is 3.63. The highest BCUT2D eigenvalue weighted by Gasteiger charge is 2.38. The summed E-state index contributed by atoms with van der Waals surface area (Å²) in [6, 6.07) is 16.6. The summed E-state index contributed by atoms with van der Waals surface area (Å²) in [4.78, 5) is 17.3. The highest BCUT2D eigenvalue weighted by atomic mass is 32.2. The molecule has 3 aliphatic heterocycles. The summed E-state index contributed by atoms with van der Waals surface area (Å²) in [7, 11) is 0. The van der Waals surface area contributed by atoms with Crippen molar-refractivity contribution in [3.05, 3.63) is 54.1 Å². The average Bonchev–Trinajstić information content (AvgIpc) is 2.63. The lowest BCUT2D eigenvalue weighted by Gasteiger charge is -2.48. The molecule has 0 saturated carbocycles. The lowest BCUT2D eigenvalue weighted by Crippen LogP contribution is -2.60.